The summed E-state index contributed by atoms with van der Waals surface area (Å²) in [5.74, 6) is 0. The first kappa shape index (κ1) is 8.25. The molecule has 0 saturated carbocycles. The topological polar surface area (TPSA) is 73.1 Å². The lowest BCUT2D eigenvalue weighted by Gasteiger charge is -1.94. The predicted octanol–water partition coefficient (Wildman–Crippen LogP) is -0.764. The Kier molecular flexibility index (Phi) is 2.64. The van der Waals surface area contributed by atoms with Gasteiger partial charge < -0.3 is 15.3 Å². The van der Waals surface area contributed by atoms with Crippen molar-refractivity contribution in [3.63, 3.8) is 0 Å². The van der Waals surface area contributed by atoms with Crippen LogP contribution in [0.5, 0.6) is 0 Å². The van der Waals surface area contributed by atoms with E-state index in [2.05, 4.69) is 5.16 Å². The lowest BCUT2D eigenvalue weighted by molar-refractivity contribution is 0.322. The molecule has 58 valence electrons. The molecule has 0 bridgehead atoms. The first-order valence-corrected chi connectivity index (χ1v) is 3.79. The van der Waals surface area contributed by atoms with E-state index in [-0.39, 0.29) is 0 Å². The molecule has 0 unspecified atom stereocenters. The molecule has 1 aromatic heterocycles. The lowest BCUT2D eigenvalue weighted by atomic mass is 9.80. The highest BCUT2D eigenvalue weighted by molar-refractivity contribution is 7.09. The van der Waals surface area contributed by atoms with E-state index < -0.39 is 7.12 Å². The molecule has 0 aliphatic rings. The molecule has 1 aromatic rings. The molecule has 3 N–H and O–H groups in total. The third-order valence-corrected chi connectivity index (χ3v) is 1.98. The molecule has 0 amide bonds. The van der Waals surface area contributed by atoms with E-state index >= 15 is 0 Å². The van der Waals surface area contributed by atoms with Crippen molar-refractivity contribution in [3.8, 4) is 0 Å². The van der Waals surface area contributed by atoms with Gasteiger partial charge in [0.25, 0.3) is 0 Å². The summed E-state index contributed by atoms with van der Waals surface area (Å²) in [5.41, 5.74) is 0.875. The number of thiophene rings is 1. The molecule has 0 fully saturated rings. The predicted molar refractivity (Wildman–Crippen MR) is 43.5 cm³/mol. The van der Waals surface area contributed by atoms with Gasteiger partial charge in [-0.1, -0.05) is 5.16 Å². The summed E-state index contributed by atoms with van der Waals surface area (Å²) in [6.07, 6.45) is 1.16. The van der Waals surface area contributed by atoms with Crippen LogP contribution in [0.25, 0.3) is 0 Å². The molecule has 0 aliphatic carbocycles. The molecule has 0 aliphatic heterocycles. The van der Waals surface area contributed by atoms with Gasteiger partial charge in [0.2, 0.25) is 0 Å². The molecule has 4 nitrogen and oxygen atoms in total. The summed E-state index contributed by atoms with van der Waals surface area (Å²) < 4.78 is 0. The van der Waals surface area contributed by atoms with E-state index in [0.717, 1.165) is 6.21 Å². The highest BCUT2D eigenvalue weighted by atomic mass is 32.1. The molecule has 0 spiro atoms. The van der Waals surface area contributed by atoms with Gasteiger partial charge in [-0.25, -0.2) is 0 Å². The van der Waals surface area contributed by atoms with Crippen LogP contribution in [0.15, 0.2) is 15.9 Å². The SMILES string of the molecule is ON=Cc1cscc1B(O)O. The van der Waals surface area contributed by atoms with Gasteiger partial charge in [0.1, 0.15) is 0 Å². The molecule has 1 rings (SSSR count). The van der Waals surface area contributed by atoms with Crippen LogP contribution in [0, 0.1) is 0 Å². The Labute approximate surface area is 67.6 Å². The first-order valence-electron chi connectivity index (χ1n) is 2.85. The maximum absolute atomic E-state index is 8.74. The van der Waals surface area contributed by atoms with Crippen molar-refractivity contribution in [2.45, 2.75) is 0 Å². The molecule has 6 heteroatoms. The van der Waals surface area contributed by atoms with Crippen LogP contribution in [-0.2, 0) is 0 Å². The van der Waals surface area contributed by atoms with E-state index in [9.17, 15) is 0 Å². The summed E-state index contributed by atoms with van der Waals surface area (Å²) in [5, 5.41) is 31.7. The summed E-state index contributed by atoms with van der Waals surface area (Å²) in [7, 11) is -1.51. The van der Waals surface area contributed by atoms with E-state index in [0.29, 0.717) is 11.0 Å². The number of hydrogen-bond acceptors (Lipinski definition) is 5. The summed E-state index contributed by atoms with van der Waals surface area (Å²) in [4.78, 5) is 0. The van der Waals surface area contributed by atoms with Crippen molar-refractivity contribution in [2.24, 2.45) is 5.16 Å². The molecular weight excluding hydrogens is 165 g/mol. The minimum atomic E-state index is -1.51. The zero-order valence-corrected chi connectivity index (χ0v) is 6.32. The van der Waals surface area contributed by atoms with Crippen molar-refractivity contribution >= 4 is 30.1 Å². The minimum Gasteiger partial charge on any atom is -0.423 e. The maximum atomic E-state index is 8.74. The Hall–Kier alpha value is -0.845. The fourth-order valence-corrected chi connectivity index (χ4v) is 1.51. The second-order valence-corrected chi connectivity index (χ2v) is 2.64. The highest BCUT2D eigenvalue weighted by Gasteiger charge is 2.15. The average molecular weight is 171 g/mol. The van der Waals surface area contributed by atoms with Crippen LogP contribution in [0.2, 0.25) is 0 Å². The monoisotopic (exact) mass is 171 g/mol. The van der Waals surface area contributed by atoms with Gasteiger partial charge in [-0.2, -0.15) is 11.3 Å². The molecule has 11 heavy (non-hydrogen) atoms. The fraction of sp³-hybridized carbons (Fsp3) is 0. The van der Waals surface area contributed by atoms with E-state index in [4.69, 9.17) is 15.3 Å². The van der Waals surface area contributed by atoms with Crippen LogP contribution in [-0.4, -0.2) is 28.6 Å². The third kappa shape index (κ3) is 1.80. The Morgan fingerprint density at radius 1 is 1.45 bits per heavy atom. The van der Waals surface area contributed by atoms with Gasteiger partial charge in [0.15, 0.2) is 0 Å². The van der Waals surface area contributed by atoms with Crippen molar-refractivity contribution in [1.29, 1.82) is 0 Å². The molecule has 0 saturated heterocycles. The summed E-state index contributed by atoms with van der Waals surface area (Å²) >= 11 is 1.31. The molecule has 0 atom stereocenters. The molecule has 0 radical (unpaired) electrons. The Morgan fingerprint density at radius 3 is 2.73 bits per heavy atom. The smallest absolute Gasteiger partial charge is 0.423 e. The van der Waals surface area contributed by atoms with E-state index in [1.165, 1.54) is 11.3 Å². The Balaban J connectivity index is 2.96. The Morgan fingerprint density at radius 2 is 2.18 bits per heavy atom. The number of nitrogens with zero attached hydrogens (tertiary/aromatic N) is 1. The standard InChI is InChI=1S/C5H6BNO3S/c8-6(9)5-3-11-2-4(5)1-7-10/h1-3,8-10H. The number of oxime groups is 1. The van der Waals surface area contributed by atoms with Crippen molar-refractivity contribution in [2.75, 3.05) is 0 Å². The second-order valence-electron chi connectivity index (χ2n) is 1.90. The second kappa shape index (κ2) is 3.52. The van der Waals surface area contributed by atoms with Crippen molar-refractivity contribution < 1.29 is 15.3 Å². The van der Waals surface area contributed by atoms with Gasteiger partial charge in [-0.3, -0.25) is 0 Å². The fourth-order valence-electron chi connectivity index (χ4n) is 0.694. The zero-order valence-electron chi connectivity index (χ0n) is 5.51. The zero-order chi connectivity index (χ0) is 8.27. The molecular formula is C5H6BNO3S. The van der Waals surface area contributed by atoms with Crippen molar-refractivity contribution in [3.05, 3.63) is 16.3 Å². The highest BCUT2D eigenvalue weighted by Crippen LogP contribution is 2.01. The van der Waals surface area contributed by atoms with Crippen molar-refractivity contribution in [1.82, 2.24) is 0 Å². The summed E-state index contributed by atoms with van der Waals surface area (Å²) in [6.45, 7) is 0. The number of hydrogen-bond donors (Lipinski definition) is 3. The molecule has 0 aromatic carbocycles. The van der Waals surface area contributed by atoms with Crippen LogP contribution in [0.1, 0.15) is 5.56 Å². The van der Waals surface area contributed by atoms with Gasteiger partial charge in [0, 0.05) is 11.0 Å². The number of rotatable bonds is 2. The summed E-state index contributed by atoms with van der Waals surface area (Å²) in [6, 6.07) is 0. The third-order valence-electron chi connectivity index (χ3n) is 1.20. The van der Waals surface area contributed by atoms with Crippen LogP contribution >= 0.6 is 11.3 Å². The van der Waals surface area contributed by atoms with Gasteiger partial charge in [-0.15, -0.1) is 0 Å². The van der Waals surface area contributed by atoms with Crippen LogP contribution in [0.3, 0.4) is 0 Å². The maximum Gasteiger partial charge on any atom is 0.489 e. The Bertz CT molecular complexity index is 260. The van der Waals surface area contributed by atoms with Crippen LogP contribution in [0.4, 0.5) is 0 Å². The van der Waals surface area contributed by atoms with Gasteiger partial charge in [0.05, 0.1) is 6.21 Å². The van der Waals surface area contributed by atoms with E-state index in [1.807, 2.05) is 0 Å². The lowest BCUT2D eigenvalue weighted by Crippen LogP contribution is -2.31. The van der Waals surface area contributed by atoms with Crippen LogP contribution < -0.4 is 5.46 Å². The minimum absolute atomic E-state index is 0.354. The molecule has 1 heterocycles. The quantitative estimate of drug-likeness (QED) is 0.237. The largest absolute Gasteiger partial charge is 0.489 e. The van der Waals surface area contributed by atoms with E-state index in [1.54, 1.807) is 10.8 Å². The van der Waals surface area contributed by atoms with Gasteiger partial charge >= 0.3 is 7.12 Å². The first-order chi connectivity index (χ1) is 5.25. The average Bonchev–Trinajstić information content (AvgIpc) is 2.36. The van der Waals surface area contributed by atoms with Gasteiger partial charge in [-0.05, 0) is 10.8 Å². The normalized spacial score (nSPS) is 10.7.